The summed E-state index contributed by atoms with van der Waals surface area (Å²) in [6.45, 7) is 0.0784. The van der Waals surface area contributed by atoms with E-state index in [0.29, 0.717) is 11.3 Å². The van der Waals surface area contributed by atoms with Crippen molar-refractivity contribution in [3.8, 4) is 0 Å². The van der Waals surface area contributed by atoms with Crippen molar-refractivity contribution in [2.24, 2.45) is 16.5 Å². The highest BCUT2D eigenvalue weighted by atomic mass is 16.6. The van der Waals surface area contributed by atoms with Crippen molar-refractivity contribution in [2.75, 3.05) is 13.6 Å². The lowest BCUT2D eigenvalue weighted by atomic mass is 10.1. The van der Waals surface area contributed by atoms with Gasteiger partial charge in [0.15, 0.2) is 5.96 Å². The molecule has 5 N–H and O–H groups in total. The number of imide groups is 1. The SMILES string of the molecule is CNC(=O)[C@H](CCCN=C(N)N)N(C(=O)OCc1ccccc1)C(=O)OCc1ccccc1. The third kappa shape index (κ3) is 8.52. The Morgan fingerprint density at radius 1 is 0.909 bits per heavy atom. The van der Waals surface area contributed by atoms with Gasteiger partial charge in [0.05, 0.1) is 0 Å². The number of hydrogen-bond donors (Lipinski definition) is 3. The lowest BCUT2D eigenvalue weighted by molar-refractivity contribution is -0.125. The molecule has 1 atom stereocenters. The van der Waals surface area contributed by atoms with Gasteiger partial charge in [0.2, 0.25) is 5.91 Å². The maximum absolute atomic E-state index is 12.9. The van der Waals surface area contributed by atoms with Crippen LogP contribution in [0, 0.1) is 0 Å². The third-order valence-corrected chi connectivity index (χ3v) is 4.59. The first kappa shape index (κ1) is 25.2. The zero-order valence-electron chi connectivity index (χ0n) is 18.5. The summed E-state index contributed by atoms with van der Waals surface area (Å²) < 4.78 is 10.6. The Morgan fingerprint density at radius 2 is 1.39 bits per heavy atom. The Balaban J connectivity index is 2.18. The molecule has 0 bridgehead atoms. The molecule has 0 spiro atoms. The van der Waals surface area contributed by atoms with Crippen molar-refractivity contribution in [2.45, 2.75) is 32.1 Å². The molecule has 0 unspecified atom stereocenters. The highest BCUT2D eigenvalue weighted by molar-refractivity contribution is 5.95. The van der Waals surface area contributed by atoms with Crippen LogP contribution in [0.4, 0.5) is 9.59 Å². The molecule has 2 rings (SSSR count). The van der Waals surface area contributed by atoms with E-state index in [2.05, 4.69) is 10.3 Å². The average Bonchev–Trinajstić information content (AvgIpc) is 2.83. The second-order valence-corrected chi connectivity index (χ2v) is 7.03. The third-order valence-electron chi connectivity index (χ3n) is 4.59. The van der Waals surface area contributed by atoms with E-state index >= 15 is 0 Å². The first-order valence-corrected chi connectivity index (χ1v) is 10.4. The van der Waals surface area contributed by atoms with E-state index in [0.717, 1.165) is 11.1 Å². The van der Waals surface area contributed by atoms with E-state index in [1.54, 1.807) is 48.5 Å². The summed E-state index contributed by atoms with van der Waals surface area (Å²) in [5.74, 6) is -0.638. The van der Waals surface area contributed by atoms with Crippen molar-refractivity contribution in [3.05, 3.63) is 71.8 Å². The molecule has 0 saturated heterocycles. The summed E-state index contributed by atoms with van der Waals surface area (Å²) >= 11 is 0. The molecular formula is C23H29N5O5. The smallest absolute Gasteiger partial charge is 0.420 e. The van der Waals surface area contributed by atoms with Gasteiger partial charge >= 0.3 is 12.2 Å². The summed E-state index contributed by atoms with van der Waals surface area (Å²) in [4.78, 5) is 43.0. The number of likely N-dealkylation sites (N-methyl/N-ethyl adjacent to an activating group) is 1. The molecule has 176 valence electrons. The van der Waals surface area contributed by atoms with Gasteiger partial charge in [0.25, 0.3) is 0 Å². The van der Waals surface area contributed by atoms with Crippen LogP contribution in [0.15, 0.2) is 65.7 Å². The number of amides is 3. The lowest BCUT2D eigenvalue weighted by Gasteiger charge is -2.27. The highest BCUT2D eigenvalue weighted by Crippen LogP contribution is 2.15. The van der Waals surface area contributed by atoms with Gasteiger partial charge in [0, 0.05) is 13.6 Å². The molecule has 0 saturated carbocycles. The maximum Gasteiger partial charge on any atom is 0.420 e. The summed E-state index contributed by atoms with van der Waals surface area (Å²) in [5, 5.41) is 2.47. The first-order valence-electron chi connectivity index (χ1n) is 10.4. The Kier molecular flexibility index (Phi) is 10.2. The molecule has 10 heteroatoms. The molecule has 0 aliphatic heterocycles. The molecule has 3 amide bonds. The largest absolute Gasteiger partial charge is 0.444 e. The van der Waals surface area contributed by atoms with Crippen molar-refractivity contribution >= 4 is 24.1 Å². The van der Waals surface area contributed by atoms with Crippen LogP contribution in [0.5, 0.6) is 0 Å². The monoisotopic (exact) mass is 455 g/mol. The normalized spacial score (nSPS) is 11.1. The molecule has 0 heterocycles. The van der Waals surface area contributed by atoms with E-state index in [4.69, 9.17) is 20.9 Å². The standard InChI is InChI=1S/C23H29N5O5/c1-26-20(29)19(13-8-14-27-21(24)25)28(22(30)32-15-17-9-4-2-5-10-17)23(31)33-16-18-11-6-3-7-12-18/h2-7,9-12,19H,8,13-16H2,1H3,(H,26,29)(H4,24,25,27)/t19-/m0/s1. The van der Waals surface area contributed by atoms with Gasteiger partial charge in [-0.1, -0.05) is 60.7 Å². The molecule has 0 aliphatic carbocycles. The fraction of sp³-hybridized carbons (Fsp3) is 0.304. The van der Waals surface area contributed by atoms with Crippen molar-refractivity contribution in [3.63, 3.8) is 0 Å². The molecule has 10 nitrogen and oxygen atoms in total. The van der Waals surface area contributed by atoms with Gasteiger partial charge < -0.3 is 26.3 Å². The molecule has 33 heavy (non-hydrogen) atoms. The number of carbonyl (C=O) groups is 3. The van der Waals surface area contributed by atoms with Crippen LogP contribution < -0.4 is 16.8 Å². The summed E-state index contributed by atoms with van der Waals surface area (Å²) in [5.41, 5.74) is 12.1. The Morgan fingerprint density at radius 3 is 1.82 bits per heavy atom. The van der Waals surface area contributed by atoms with Crippen LogP contribution in [0.2, 0.25) is 0 Å². The zero-order chi connectivity index (χ0) is 24.1. The predicted octanol–water partition coefficient (Wildman–Crippen LogP) is 2.13. The van der Waals surface area contributed by atoms with E-state index in [1.807, 2.05) is 12.1 Å². The predicted molar refractivity (Wildman–Crippen MR) is 123 cm³/mol. The van der Waals surface area contributed by atoms with Crippen LogP contribution >= 0.6 is 0 Å². The number of guanidine groups is 1. The van der Waals surface area contributed by atoms with Gasteiger partial charge in [-0.05, 0) is 24.0 Å². The number of rotatable bonds is 10. The molecule has 2 aromatic rings. The van der Waals surface area contributed by atoms with Crippen LogP contribution in [-0.2, 0) is 27.5 Å². The minimum Gasteiger partial charge on any atom is -0.444 e. The molecular weight excluding hydrogens is 426 g/mol. The molecule has 2 aromatic carbocycles. The van der Waals surface area contributed by atoms with Crippen molar-refractivity contribution in [1.82, 2.24) is 10.2 Å². The minimum absolute atomic E-state index is 0.0728. The van der Waals surface area contributed by atoms with E-state index in [-0.39, 0.29) is 32.1 Å². The van der Waals surface area contributed by atoms with E-state index in [9.17, 15) is 14.4 Å². The van der Waals surface area contributed by atoms with E-state index < -0.39 is 24.1 Å². The quantitative estimate of drug-likeness (QED) is 0.282. The zero-order valence-corrected chi connectivity index (χ0v) is 18.5. The van der Waals surface area contributed by atoms with Gasteiger partial charge in [0.1, 0.15) is 19.3 Å². The lowest BCUT2D eigenvalue weighted by Crippen LogP contribution is -2.52. The summed E-state index contributed by atoms with van der Waals surface area (Å²) in [7, 11) is 1.41. The van der Waals surface area contributed by atoms with Gasteiger partial charge in [-0.15, -0.1) is 0 Å². The summed E-state index contributed by atoms with van der Waals surface area (Å²) in [6.07, 6.45) is -1.54. The molecule has 0 radical (unpaired) electrons. The molecule has 0 aromatic heterocycles. The topological polar surface area (TPSA) is 149 Å². The second-order valence-electron chi connectivity index (χ2n) is 7.03. The fourth-order valence-electron chi connectivity index (χ4n) is 2.94. The number of carbonyl (C=O) groups excluding carboxylic acids is 3. The highest BCUT2D eigenvalue weighted by Gasteiger charge is 2.36. The number of ether oxygens (including phenoxy) is 2. The number of aliphatic imine (C=N–C) groups is 1. The van der Waals surface area contributed by atoms with Crippen molar-refractivity contribution in [1.29, 1.82) is 0 Å². The van der Waals surface area contributed by atoms with Gasteiger partial charge in [-0.3, -0.25) is 9.79 Å². The van der Waals surface area contributed by atoms with Crippen LogP contribution in [0.25, 0.3) is 0 Å². The number of hydrogen-bond acceptors (Lipinski definition) is 6. The van der Waals surface area contributed by atoms with E-state index in [1.165, 1.54) is 7.05 Å². The Hall–Kier alpha value is -4.08. The van der Waals surface area contributed by atoms with Gasteiger partial charge in [-0.2, -0.15) is 4.90 Å². The molecule has 0 fully saturated rings. The summed E-state index contributed by atoms with van der Waals surface area (Å²) in [6, 6.07) is 16.8. The number of nitrogens with one attached hydrogen (secondary N) is 1. The van der Waals surface area contributed by atoms with Gasteiger partial charge in [-0.25, -0.2) is 9.59 Å². The minimum atomic E-state index is -1.17. The van der Waals surface area contributed by atoms with Crippen LogP contribution in [0.1, 0.15) is 24.0 Å². The number of nitrogens with zero attached hydrogens (tertiary/aromatic N) is 2. The number of nitrogens with two attached hydrogens (primary N) is 2. The molecule has 0 aliphatic rings. The number of benzene rings is 2. The fourth-order valence-corrected chi connectivity index (χ4v) is 2.94. The first-order chi connectivity index (χ1) is 15.9. The second kappa shape index (κ2) is 13.4. The average molecular weight is 456 g/mol. The van der Waals surface area contributed by atoms with Crippen LogP contribution in [-0.4, -0.2) is 48.6 Å². The van der Waals surface area contributed by atoms with Crippen LogP contribution in [0.3, 0.4) is 0 Å². The van der Waals surface area contributed by atoms with Crippen molar-refractivity contribution < 1.29 is 23.9 Å². The Bertz CT molecular complexity index is 877. The maximum atomic E-state index is 12.9. The Labute approximate surface area is 192 Å².